The summed E-state index contributed by atoms with van der Waals surface area (Å²) >= 11 is 1.56. The van der Waals surface area contributed by atoms with Gasteiger partial charge in [0.1, 0.15) is 5.82 Å². The molecule has 1 saturated heterocycles. The van der Waals surface area contributed by atoms with E-state index >= 15 is 0 Å². The minimum absolute atomic E-state index is 0.763. The molecule has 5 heteroatoms. The highest BCUT2D eigenvalue weighted by molar-refractivity contribution is 7.09. The van der Waals surface area contributed by atoms with Gasteiger partial charge in [0.25, 0.3) is 0 Å². The maximum absolute atomic E-state index is 4.63. The molecule has 1 aliphatic heterocycles. The molecule has 4 nitrogen and oxygen atoms in total. The zero-order valence-electron chi connectivity index (χ0n) is 11.5. The summed E-state index contributed by atoms with van der Waals surface area (Å²) in [7, 11) is 0. The Hall–Kier alpha value is -0.680. The number of nitrogens with one attached hydrogen (secondary N) is 1. The number of rotatable bonds is 6. The van der Waals surface area contributed by atoms with Gasteiger partial charge in [-0.25, -0.2) is 4.98 Å². The Morgan fingerprint density at radius 3 is 2.94 bits per heavy atom. The number of piperidine rings is 1. The minimum Gasteiger partial charge on any atom is -0.347 e. The number of aromatic nitrogens is 2. The second-order valence-corrected chi connectivity index (χ2v) is 5.74. The average molecular weight is 268 g/mol. The Bertz CT molecular complexity index is 347. The first-order valence-electron chi connectivity index (χ1n) is 7.11. The van der Waals surface area contributed by atoms with Crippen molar-refractivity contribution >= 4 is 16.7 Å². The SMILES string of the molecule is CCCN(CC1CCCNC1)c1nc(CC)ns1. The lowest BCUT2D eigenvalue weighted by atomic mass is 9.99. The van der Waals surface area contributed by atoms with Gasteiger partial charge in [0.2, 0.25) is 5.13 Å². The molecule has 1 atom stereocenters. The molecule has 1 unspecified atom stereocenters. The van der Waals surface area contributed by atoms with E-state index in [2.05, 4.69) is 33.4 Å². The Morgan fingerprint density at radius 2 is 2.33 bits per heavy atom. The van der Waals surface area contributed by atoms with Crippen LogP contribution in [0.15, 0.2) is 0 Å². The fourth-order valence-corrected chi connectivity index (χ4v) is 3.23. The molecule has 1 fully saturated rings. The predicted octanol–water partition coefficient (Wildman–Crippen LogP) is 2.32. The minimum atomic E-state index is 0.763. The van der Waals surface area contributed by atoms with Crippen LogP contribution < -0.4 is 10.2 Å². The largest absolute Gasteiger partial charge is 0.347 e. The van der Waals surface area contributed by atoms with Gasteiger partial charge in [-0.1, -0.05) is 13.8 Å². The fraction of sp³-hybridized carbons (Fsp3) is 0.846. The van der Waals surface area contributed by atoms with Gasteiger partial charge < -0.3 is 10.2 Å². The van der Waals surface area contributed by atoms with Crippen LogP contribution in [-0.4, -0.2) is 35.5 Å². The molecule has 0 bridgehead atoms. The molecule has 0 spiro atoms. The van der Waals surface area contributed by atoms with Gasteiger partial charge in [0, 0.05) is 31.0 Å². The molecule has 0 aliphatic carbocycles. The van der Waals surface area contributed by atoms with Gasteiger partial charge in [-0.05, 0) is 38.3 Å². The van der Waals surface area contributed by atoms with E-state index in [0.29, 0.717) is 0 Å². The van der Waals surface area contributed by atoms with Crippen molar-refractivity contribution in [2.24, 2.45) is 5.92 Å². The Kier molecular flexibility index (Phi) is 5.38. The number of nitrogens with zero attached hydrogens (tertiary/aromatic N) is 3. The van der Waals surface area contributed by atoms with Crippen LogP contribution in [0.4, 0.5) is 5.13 Å². The summed E-state index contributed by atoms with van der Waals surface area (Å²) in [6.45, 7) is 8.89. The van der Waals surface area contributed by atoms with Crippen LogP contribution in [0, 0.1) is 5.92 Å². The van der Waals surface area contributed by atoms with Gasteiger partial charge >= 0.3 is 0 Å². The van der Waals surface area contributed by atoms with Crippen molar-refractivity contribution in [1.29, 1.82) is 0 Å². The highest BCUT2D eigenvalue weighted by Crippen LogP contribution is 2.21. The highest BCUT2D eigenvalue weighted by Gasteiger charge is 2.19. The molecule has 18 heavy (non-hydrogen) atoms. The Morgan fingerprint density at radius 1 is 1.44 bits per heavy atom. The lowest BCUT2D eigenvalue weighted by Gasteiger charge is -2.29. The molecule has 1 aliphatic rings. The summed E-state index contributed by atoms with van der Waals surface area (Å²) < 4.78 is 4.40. The average Bonchev–Trinajstić information content (AvgIpc) is 2.88. The summed E-state index contributed by atoms with van der Waals surface area (Å²) in [5, 5.41) is 4.60. The van der Waals surface area contributed by atoms with E-state index in [1.165, 1.54) is 25.8 Å². The maximum atomic E-state index is 4.63. The molecule has 1 N–H and O–H groups in total. The van der Waals surface area contributed by atoms with E-state index < -0.39 is 0 Å². The van der Waals surface area contributed by atoms with Gasteiger partial charge in [-0.15, -0.1) is 0 Å². The maximum Gasteiger partial charge on any atom is 0.205 e. The first-order valence-corrected chi connectivity index (χ1v) is 7.89. The monoisotopic (exact) mass is 268 g/mol. The van der Waals surface area contributed by atoms with E-state index in [0.717, 1.165) is 42.9 Å². The van der Waals surface area contributed by atoms with E-state index in [1.54, 1.807) is 11.5 Å². The van der Waals surface area contributed by atoms with Crippen LogP contribution >= 0.6 is 11.5 Å². The zero-order chi connectivity index (χ0) is 12.8. The Labute approximate surface area is 114 Å². The molecule has 0 aromatic carbocycles. The van der Waals surface area contributed by atoms with Gasteiger partial charge in [0.05, 0.1) is 0 Å². The van der Waals surface area contributed by atoms with Crippen LogP contribution in [0.5, 0.6) is 0 Å². The van der Waals surface area contributed by atoms with Crippen LogP contribution in [0.25, 0.3) is 0 Å². The quantitative estimate of drug-likeness (QED) is 0.859. The lowest BCUT2D eigenvalue weighted by molar-refractivity contribution is 0.376. The Balaban J connectivity index is 1.97. The summed E-state index contributed by atoms with van der Waals surface area (Å²) in [5.74, 6) is 1.75. The third-order valence-electron chi connectivity index (χ3n) is 3.42. The molecule has 1 aromatic heterocycles. The summed E-state index contributed by atoms with van der Waals surface area (Å²) in [6.07, 6.45) is 4.75. The van der Waals surface area contributed by atoms with E-state index in [9.17, 15) is 0 Å². The number of anilines is 1. The molecule has 0 saturated carbocycles. The van der Waals surface area contributed by atoms with E-state index in [-0.39, 0.29) is 0 Å². The molecule has 0 radical (unpaired) electrons. The van der Waals surface area contributed by atoms with Gasteiger partial charge in [-0.3, -0.25) is 0 Å². The van der Waals surface area contributed by atoms with Crippen molar-refractivity contribution in [2.75, 3.05) is 31.1 Å². The lowest BCUT2D eigenvalue weighted by Crippen LogP contribution is -2.38. The highest BCUT2D eigenvalue weighted by atomic mass is 32.1. The summed E-state index contributed by atoms with van der Waals surface area (Å²) in [4.78, 5) is 7.05. The van der Waals surface area contributed by atoms with Crippen molar-refractivity contribution < 1.29 is 0 Å². The first-order chi connectivity index (χ1) is 8.83. The smallest absolute Gasteiger partial charge is 0.205 e. The van der Waals surface area contributed by atoms with Crippen molar-refractivity contribution in [3.8, 4) is 0 Å². The normalized spacial score (nSPS) is 20.0. The number of hydrogen-bond donors (Lipinski definition) is 1. The van der Waals surface area contributed by atoms with Gasteiger partial charge in [0.15, 0.2) is 0 Å². The van der Waals surface area contributed by atoms with Crippen LogP contribution in [0.3, 0.4) is 0 Å². The molecule has 0 amide bonds. The third-order valence-corrected chi connectivity index (χ3v) is 4.23. The molecule has 102 valence electrons. The second kappa shape index (κ2) is 7.04. The van der Waals surface area contributed by atoms with E-state index in [4.69, 9.17) is 0 Å². The van der Waals surface area contributed by atoms with Crippen molar-refractivity contribution in [3.63, 3.8) is 0 Å². The van der Waals surface area contributed by atoms with Crippen LogP contribution in [-0.2, 0) is 6.42 Å². The third kappa shape index (κ3) is 3.65. The molecule has 2 rings (SSSR count). The summed E-state index contributed by atoms with van der Waals surface area (Å²) in [6, 6.07) is 0. The zero-order valence-corrected chi connectivity index (χ0v) is 12.3. The number of aryl methyl sites for hydroxylation is 1. The second-order valence-electron chi connectivity index (χ2n) is 5.01. The first kappa shape index (κ1) is 13.7. The molecular weight excluding hydrogens is 244 g/mol. The van der Waals surface area contributed by atoms with Crippen LogP contribution in [0.2, 0.25) is 0 Å². The van der Waals surface area contributed by atoms with Gasteiger partial charge in [-0.2, -0.15) is 4.37 Å². The van der Waals surface area contributed by atoms with Crippen LogP contribution in [0.1, 0.15) is 38.9 Å². The fourth-order valence-electron chi connectivity index (χ4n) is 2.44. The predicted molar refractivity (Wildman–Crippen MR) is 77.4 cm³/mol. The summed E-state index contributed by atoms with van der Waals surface area (Å²) in [5.41, 5.74) is 0. The van der Waals surface area contributed by atoms with Crippen molar-refractivity contribution in [3.05, 3.63) is 5.82 Å². The van der Waals surface area contributed by atoms with Crippen molar-refractivity contribution in [2.45, 2.75) is 39.5 Å². The van der Waals surface area contributed by atoms with Crippen molar-refractivity contribution in [1.82, 2.24) is 14.7 Å². The number of hydrogen-bond acceptors (Lipinski definition) is 5. The van der Waals surface area contributed by atoms with E-state index in [1.807, 2.05) is 0 Å². The molecular formula is C13H24N4S. The molecule has 2 heterocycles. The molecule has 1 aromatic rings. The topological polar surface area (TPSA) is 41.0 Å². The standard InChI is InChI=1S/C13H24N4S/c1-3-8-17(10-11-6-5-7-14-9-11)13-15-12(4-2)16-18-13/h11,14H,3-10H2,1-2H3.